The number of allylic oxidation sites excluding steroid dienone is 2. The van der Waals surface area contributed by atoms with Gasteiger partial charge in [-0.2, -0.15) is 13.2 Å². The summed E-state index contributed by atoms with van der Waals surface area (Å²) in [4.78, 5) is 30.0. The Morgan fingerprint density at radius 3 is 2.24 bits per heavy atom. The minimum Gasteiger partial charge on any atom is -0.493 e. The average Bonchev–Trinajstić information content (AvgIpc) is 3.33. The molecule has 0 radical (unpaired) electrons. The number of benzene rings is 3. The zero-order chi connectivity index (χ0) is 29.4. The van der Waals surface area contributed by atoms with Gasteiger partial charge in [0.05, 0.1) is 12.3 Å². The van der Waals surface area contributed by atoms with Crippen LogP contribution in [0, 0.1) is 6.92 Å². The Morgan fingerprint density at radius 2 is 1.63 bits per heavy atom. The van der Waals surface area contributed by atoms with E-state index in [4.69, 9.17) is 9.72 Å². The van der Waals surface area contributed by atoms with Crippen LogP contribution in [0.15, 0.2) is 96.7 Å². The Hall–Kier alpha value is -4.44. The van der Waals surface area contributed by atoms with E-state index in [-0.39, 0.29) is 12.0 Å². The SMILES string of the molecule is Cc1sc(-c2ccccc2)nc1CCOc1ccc(C[C@H](NC(=CC(=O)c2ccccc2)C(F)(F)F)C(=O)O)cc1. The highest BCUT2D eigenvalue weighted by Gasteiger charge is 2.37. The smallest absolute Gasteiger partial charge is 0.431 e. The topological polar surface area (TPSA) is 88.5 Å². The lowest BCUT2D eigenvalue weighted by molar-refractivity contribution is -0.140. The van der Waals surface area contributed by atoms with E-state index < -0.39 is 29.7 Å². The Balaban J connectivity index is 1.36. The van der Waals surface area contributed by atoms with Crippen molar-refractivity contribution in [3.05, 3.63) is 118 Å². The third-order valence-electron chi connectivity index (χ3n) is 6.15. The van der Waals surface area contributed by atoms with Crippen LogP contribution in [-0.2, 0) is 17.6 Å². The largest absolute Gasteiger partial charge is 0.493 e. The molecule has 41 heavy (non-hydrogen) atoms. The Kier molecular flexibility index (Phi) is 9.57. The second-order valence-electron chi connectivity index (χ2n) is 9.16. The predicted molar refractivity (Wildman–Crippen MR) is 151 cm³/mol. The molecule has 1 heterocycles. The molecule has 1 aromatic heterocycles. The van der Waals surface area contributed by atoms with Crippen LogP contribution in [0.25, 0.3) is 10.6 Å². The number of hydrogen-bond donors (Lipinski definition) is 2. The van der Waals surface area contributed by atoms with Crippen molar-refractivity contribution in [2.45, 2.75) is 32.0 Å². The minimum atomic E-state index is -4.95. The van der Waals surface area contributed by atoms with E-state index in [0.29, 0.717) is 30.4 Å². The first-order valence-electron chi connectivity index (χ1n) is 12.7. The van der Waals surface area contributed by atoms with E-state index in [2.05, 4.69) is 0 Å². The summed E-state index contributed by atoms with van der Waals surface area (Å²) in [5.41, 5.74) is 1.11. The molecule has 0 spiro atoms. The zero-order valence-corrected chi connectivity index (χ0v) is 22.8. The molecule has 0 aliphatic carbocycles. The van der Waals surface area contributed by atoms with Gasteiger partial charge in [0.25, 0.3) is 0 Å². The summed E-state index contributed by atoms with van der Waals surface area (Å²) in [7, 11) is 0. The first kappa shape index (κ1) is 29.5. The van der Waals surface area contributed by atoms with E-state index in [1.165, 1.54) is 24.3 Å². The van der Waals surface area contributed by atoms with Gasteiger partial charge < -0.3 is 15.2 Å². The number of nitrogens with one attached hydrogen (secondary N) is 1. The van der Waals surface area contributed by atoms with Gasteiger partial charge in [0.2, 0.25) is 0 Å². The van der Waals surface area contributed by atoms with Gasteiger partial charge in [-0.25, -0.2) is 9.78 Å². The van der Waals surface area contributed by atoms with E-state index in [1.54, 1.807) is 41.7 Å². The summed E-state index contributed by atoms with van der Waals surface area (Å²) in [6.45, 7) is 2.38. The lowest BCUT2D eigenvalue weighted by atomic mass is 10.0. The number of carboxylic acids is 1. The molecule has 0 bridgehead atoms. The zero-order valence-electron chi connectivity index (χ0n) is 22.0. The number of thiazole rings is 1. The number of nitrogens with zero attached hydrogens (tertiary/aromatic N) is 1. The summed E-state index contributed by atoms with van der Waals surface area (Å²) in [6, 6.07) is 22.2. The molecule has 4 rings (SSSR count). The van der Waals surface area contributed by atoms with E-state index in [1.807, 2.05) is 42.6 Å². The van der Waals surface area contributed by atoms with Gasteiger partial charge in [0.1, 0.15) is 22.5 Å². The second kappa shape index (κ2) is 13.3. The van der Waals surface area contributed by atoms with Gasteiger partial charge in [0, 0.05) is 34.9 Å². The van der Waals surface area contributed by atoms with Crippen molar-refractivity contribution < 1.29 is 32.6 Å². The second-order valence-corrected chi connectivity index (χ2v) is 10.4. The van der Waals surface area contributed by atoms with Crippen LogP contribution in [0.2, 0.25) is 0 Å². The number of alkyl halides is 3. The van der Waals surface area contributed by atoms with Crippen LogP contribution in [0.3, 0.4) is 0 Å². The fraction of sp³-hybridized carbons (Fsp3) is 0.194. The third-order valence-corrected chi connectivity index (χ3v) is 7.21. The molecule has 3 aromatic carbocycles. The molecule has 0 amide bonds. The van der Waals surface area contributed by atoms with Gasteiger partial charge in [-0.05, 0) is 24.6 Å². The van der Waals surface area contributed by atoms with Crippen LogP contribution in [-0.4, -0.2) is 40.7 Å². The maximum absolute atomic E-state index is 13.7. The summed E-state index contributed by atoms with van der Waals surface area (Å²) in [6.07, 6.45) is -4.22. The van der Waals surface area contributed by atoms with Crippen molar-refractivity contribution in [3.63, 3.8) is 0 Å². The molecule has 1 atom stereocenters. The van der Waals surface area contributed by atoms with Crippen LogP contribution in [0.1, 0.15) is 26.5 Å². The lowest BCUT2D eigenvalue weighted by Gasteiger charge is -2.20. The van der Waals surface area contributed by atoms with E-state index in [0.717, 1.165) is 21.1 Å². The summed E-state index contributed by atoms with van der Waals surface area (Å²) >= 11 is 1.62. The molecular formula is C31H27F3N2O4S. The van der Waals surface area contributed by atoms with Gasteiger partial charge in [0.15, 0.2) is 5.78 Å². The highest BCUT2D eigenvalue weighted by atomic mass is 32.1. The normalized spacial score (nSPS) is 12.5. The fourth-order valence-electron chi connectivity index (χ4n) is 4.00. The summed E-state index contributed by atoms with van der Waals surface area (Å²) in [5.74, 6) is -1.84. The maximum atomic E-state index is 13.7. The van der Waals surface area contributed by atoms with Crippen molar-refractivity contribution in [1.82, 2.24) is 10.3 Å². The quantitative estimate of drug-likeness (QED) is 0.144. The molecule has 6 nitrogen and oxygen atoms in total. The molecule has 4 aromatic rings. The number of aryl methyl sites for hydroxylation is 1. The van der Waals surface area contributed by atoms with Gasteiger partial charge in [-0.3, -0.25) is 4.79 Å². The van der Waals surface area contributed by atoms with E-state index >= 15 is 0 Å². The number of aliphatic carboxylic acids is 1. The minimum absolute atomic E-state index is 0.0556. The first-order valence-corrected chi connectivity index (χ1v) is 13.5. The molecule has 0 saturated heterocycles. The first-order chi connectivity index (χ1) is 19.6. The molecule has 2 N–H and O–H groups in total. The molecule has 0 unspecified atom stereocenters. The Bertz CT molecular complexity index is 1500. The van der Waals surface area contributed by atoms with Crippen LogP contribution in [0.5, 0.6) is 5.75 Å². The monoisotopic (exact) mass is 580 g/mol. The number of ether oxygens (including phenoxy) is 1. The number of hydrogen-bond acceptors (Lipinski definition) is 6. The van der Waals surface area contributed by atoms with Crippen molar-refractivity contribution >= 4 is 23.1 Å². The van der Waals surface area contributed by atoms with E-state index in [9.17, 15) is 27.9 Å². The fourth-order valence-corrected chi connectivity index (χ4v) is 4.96. The molecule has 0 saturated carbocycles. The molecule has 212 valence electrons. The van der Waals surface area contributed by atoms with Crippen LogP contribution < -0.4 is 10.1 Å². The molecule has 10 heteroatoms. The number of carboxylic acid groups (broad SMARTS) is 1. The highest BCUT2D eigenvalue weighted by Crippen LogP contribution is 2.28. The maximum Gasteiger partial charge on any atom is 0.431 e. The average molecular weight is 581 g/mol. The van der Waals surface area contributed by atoms with Crippen LogP contribution >= 0.6 is 11.3 Å². The van der Waals surface area contributed by atoms with Crippen molar-refractivity contribution in [3.8, 4) is 16.3 Å². The standard InChI is InChI=1S/C31H27F3N2O4S/c1-20-25(36-29(41-20)23-10-6-3-7-11-23)16-17-40-24-14-12-21(13-15-24)18-26(30(38)39)35-28(31(32,33)34)19-27(37)22-8-4-2-5-9-22/h2-15,19,26,35H,16-18H2,1H3,(H,38,39)/t26-/m0/s1. The van der Waals surface area contributed by atoms with Crippen LogP contribution in [0.4, 0.5) is 13.2 Å². The number of carbonyl (C=O) groups is 2. The molecular weight excluding hydrogens is 553 g/mol. The number of halogens is 3. The number of carbonyl (C=O) groups excluding carboxylic acids is 1. The summed E-state index contributed by atoms with van der Waals surface area (Å²) < 4.78 is 46.8. The lowest BCUT2D eigenvalue weighted by Crippen LogP contribution is -2.42. The molecule has 0 aliphatic rings. The molecule has 0 fully saturated rings. The van der Waals surface area contributed by atoms with Gasteiger partial charge >= 0.3 is 12.1 Å². The van der Waals surface area contributed by atoms with Crippen molar-refractivity contribution in [1.29, 1.82) is 0 Å². The number of rotatable bonds is 12. The number of ketones is 1. The number of aromatic nitrogens is 1. The Morgan fingerprint density at radius 1 is 1.00 bits per heavy atom. The Labute approximate surface area is 239 Å². The molecule has 0 aliphatic heterocycles. The predicted octanol–water partition coefficient (Wildman–Crippen LogP) is 6.65. The summed E-state index contributed by atoms with van der Waals surface area (Å²) in [5, 5.41) is 12.6. The van der Waals surface area contributed by atoms with Crippen molar-refractivity contribution in [2.75, 3.05) is 6.61 Å². The van der Waals surface area contributed by atoms with Gasteiger partial charge in [-0.15, -0.1) is 11.3 Å². The third kappa shape index (κ3) is 8.28. The highest BCUT2D eigenvalue weighted by molar-refractivity contribution is 7.15. The van der Waals surface area contributed by atoms with Gasteiger partial charge in [-0.1, -0.05) is 72.8 Å². The van der Waals surface area contributed by atoms with Crippen molar-refractivity contribution in [2.24, 2.45) is 0 Å².